The minimum Gasteiger partial charge on any atom is -0.356 e. The molecule has 5 heterocycles. The van der Waals surface area contributed by atoms with Crippen LogP contribution in [0.1, 0.15) is 18.5 Å². The van der Waals surface area contributed by atoms with E-state index in [1.54, 1.807) is 0 Å². The van der Waals surface area contributed by atoms with Crippen molar-refractivity contribution in [1.29, 1.82) is 0 Å². The highest BCUT2D eigenvalue weighted by molar-refractivity contribution is 5.68. The van der Waals surface area contributed by atoms with Crippen molar-refractivity contribution in [2.24, 2.45) is 0 Å². The van der Waals surface area contributed by atoms with Gasteiger partial charge in [0.15, 0.2) is 5.82 Å². The van der Waals surface area contributed by atoms with Gasteiger partial charge in [-0.05, 0) is 25.8 Å². The lowest BCUT2D eigenvalue weighted by Crippen LogP contribution is -2.47. The van der Waals surface area contributed by atoms with E-state index in [1.165, 1.54) is 12.8 Å². The predicted molar refractivity (Wildman–Crippen MR) is 106 cm³/mol. The van der Waals surface area contributed by atoms with Crippen LogP contribution in [0.3, 0.4) is 0 Å². The van der Waals surface area contributed by atoms with Crippen LogP contribution in [-0.2, 0) is 0 Å². The molecular formula is C19H24N8. The van der Waals surface area contributed by atoms with E-state index < -0.39 is 0 Å². The molecule has 0 bridgehead atoms. The molecule has 2 fully saturated rings. The summed E-state index contributed by atoms with van der Waals surface area (Å²) in [6, 6.07) is 4.12. The van der Waals surface area contributed by atoms with Crippen LogP contribution < -0.4 is 14.7 Å². The average molecular weight is 364 g/mol. The van der Waals surface area contributed by atoms with Crippen LogP contribution >= 0.6 is 0 Å². The molecule has 0 spiro atoms. The lowest BCUT2D eigenvalue weighted by molar-refractivity contribution is 0.633. The van der Waals surface area contributed by atoms with Gasteiger partial charge >= 0.3 is 0 Å². The maximum absolute atomic E-state index is 4.87. The van der Waals surface area contributed by atoms with Gasteiger partial charge in [-0.3, -0.25) is 0 Å². The normalized spacial score (nSPS) is 17.9. The van der Waals surface area contributed by atoms with Crippen molar-refractivity contribution in [2.75, 3.05) is 54.0 Å². The lowest BCUT2D eigenvalue weighted by Gasteiger charge is -2.36. The Kier molecular flexibility index (Phi) is 4.03. The van der Waals surface area contributed by atoms with E-state index in [4.69, 9.17) is 9.97 Å². The van der Waals surface area contributed by atoms with Crippen LogP contribution in [0, 0.1) is 6.92 Å². The highest BCUT2D eigenvalue weighted by atomic mass is 15.4. The van der Waals surface area contributed by atoms with Gasteiger partial charge in [0.1, 0.15) is 11.3 Å². The number of piperazine rings is 1. The molecule has 0 N–H and O–H groups in total. The molecular weight excluding hydrogens is 340 g/mol. The van der Waals surface area contributed by atoms with Gasteiger partial charge in [-0.1, -0.05) is 0 Å². The summed E-state index contributed by atoms with van der Waals surface area (Å²) in [6.45, 7) is 7.84. The Hall–Kier alpha value is -2.90. The van der Waals surface area contributed by atoms with Crippen molar-refractivity contribution in [3.05, 3.63) is 36.4 Å². The Morgan fingerprint density at radius 2 is 1.63 bits per heavy atom. The molecule has 3 aromatic rings. The molecule has 2 aliphatic heterocycles. The van der Waals surface area contributed by atoms with Gasteiger partial charge in [-0.15, -0.1) is 0 Å². The van der Waals surface area contributed by atoms with Crippen LogP contribution in [0.25, 0.3) is 5.52 Å². The molecule has 0 saturated carbocycles. The zero-order chi connectivity index (χ0) is 18.2. The van der Waals surface area contributed by atoms with E-state index in [-0.39, 0.29) is 0 Å². The molecule has 140 valence electrons. The third-order valence-corrected chi connectivity index (χ3v) is 5.43. The number of fused-ring (bicyclic) bond motifs is 1. The van der Waals surface area contributed by atoms with E-state index in [0.29, 0.717) is 0 Å². The minimum absolute atomic E-state index is 0.854. The predicted octanol–water partition coefficient (Wildman–Crippen LogP) is 1.75. The van der Waals surface area contributed by atoms with Crippen molar-refractivity contribution in [2.45, 2.75) is 19.8 Å². The summed E-state index contributed by atoms with van der Waals surface area (Å²) >= 11 is 0. The molecule has 0 radical (unpaired) electrons. The third kappa shape index (κ3) is 3.05. The van der Waals surface area contributed by atoms with Crippen LogP contribution in [0.5, 0.6) is 0 Å². The van der Waals surface area contributed by atoms with Crippen molar-refractivity contribution in [3.8, 4) is 0 Å². The highest BCUT2D eigenvalue weighted by Gasteiger charge is 2.23. The first kappa shape index (κ1) is 16.3. The van der Waals surface area contributed by atoms with Crippen molar-refractivity contribution in [1.82, 2.24) is 24.6 Å². The molecule has 0 aliphatic carbocycles. The number of aryl methyl sites for hydroxylation is 1. The topological polar surface area (TPSA) is 65.7 Å². The summed E-state index contributed by atoms with van der Waals surface area (Å²) in [7, 11) is 0. The lowest BCUT2D eigenvalue weighted by atomic mass is 10.3. The fraction of sp³-hybridized carbons (Fsp3) is 0.474. The van der Waals surface area contributed by atoms with Crippen molar-refractivity contribution < 1.29 is 0 Å². The fourth-order valence-corrected chi connectivity index (χ4v) is 3.99. The molecule has 0 aromatic carbocycles. The Bertz CT molecular complexity index is 938. The first-order valence-corrected chi connectivity index (χ1v) is 9.67. The van der Waals surface area contributed by atoms with E-state index in [1.807, 2.05) is 29.2 Å². The average Bonchev–Trinajstić information content (AvgIpc) is 3.39. The minimum atomic E-state index is 0.854. The quantitative estimate of drug-likeness (QED) is 0.701. The van der Waals surface area contributed by atoms with Gasteiger partial charge in [0.05, 0.1) is 6.20 Å². The standard InChI is InChI=1S/C19H24N8/c1-15-14-17(24-7-2-3-8-24)23-19(22-15)26-12-10-25(11-13-26)18-16-4-5-21-27(16)9-6-20-18/h4-6,9,14H,2-3,7-8,10-13H2,1H3. The summed E-state index contributed by atoms with van der Waals surface area (Å²) in [6.07, 6.45) is 8.02. The van der Waals surface area contributed by atoms with Crippen molar-refractivity contribution in [3.63, 3.8) is 0 Å². The molecule has 8 heteroatoms. The van der Waals surface area contributed by atoms with Gasteiger partial charge in [0, 0.05) is 63.4 Å². The van der Waals surface area contributed by atoms with Crippen LogP contribution in [-0.4, -0.2) is 63.8 Å². The zero-order valence-electron chi connectivity index (χ0n) is 15.6. The smallest absolute Gasteiger partial charge is 0.227 e. The second-order valence-electron chi connectivity index (χ2n) is 7.25. The number of hydrogen-bond donors (Lipinski definition) is 0. The highest BCUT2D eigenvalue weighted by Crippen LogP contribution is 2.24. The largest absolute Gasteiger partial charge is 0.356 e. The number of nitrogens with zero attached hydrogens (tertiary/aromatic N) is 8. The van der Waals surface area contributed by atoms with Gasteiger partial charge in [0.2, 0.25) is 5.95 Å². The Labute approximate surface area is 158 Å². The van der Waals surface area contributed by atoms with Gasteiger partial charge in [-0.25, -0.2) is 14.5 Å². The van der Waals surface area contributed by atoms with E-state index >= 15 is 0 Å². The maximum Gasteiger partial charge on any atom is 0.227 e. The molecule has 2 aliphatic rings. The zero-order valence-corrected chi connectivity index (χ0v) is 15.6. The number of aromatic nitrogens is 5. The Morgan fingerprint density at radius 3 is 2.44 bits per heavy atom. The van der Waals surface area contributed by atoms with Crippen LogP contribution in [0.4, 0.5) is 17.6 Å². The summed E-state index contributed by atoms with van der Waals surface area (Å²) in [5.74, 6) is 2.92. The summed E-state index contributed by atoms with van der Waals surface area (Å²) in [5.41, 5.74) is 2.09. The van der Waals surface area contributed by atoms with E-state index in [2.05, 4.69) is 37.8 Å². The van der Waals surface area contributed by atoms with Crippen LogP contribution in [0.15, 0.2) is 30.7 Å². The van der Waals surface area contributed by atoms with Gasteiger partial charge in [0.25, 0.3) is 0 Å². The summed E-state index contributed by atoms with van der Waals surface area (Å²) in [5, 5.41) is 4.31. The number of hydrogen-bond acceptors (Lipinski definition) is 7. The molecule has 0 unspecified atom stereocenters. The van der Waals surface area contributed by atoms with E-state index in [0.717, 1.165) is 68.1 Å². The Morgan fingerprint density at radius 1 is 0.852 bits per heavy atom. The maximum atomic E-state index is 4.87. The first-order chi connectivity index (χ1) is 13.3. The molecule has 0 amide bonds. The van der Waals surface area contributed by atoms with Gasteiger partial charge in [-0.2, -0.15) is 10.1 Å². The number of rotatable bonds is 3. The fourth-order valence-electron chi connectivity index (χ4n) is 3.99. The monoisotopic (exact) mass is 364 g/mol. The van der Waals surface area contributed by atoms with E-state index in [9.17, 15) is 0 Å². The summed E-state index contributed by atoms with van der Waals surface area (Å²) in [4.78, 5) is 21.2. The SMILES string of the molecule is Cc1cc(N2CCCC2)nc(N2CCN(c3nccn4nccc34)CC2)n1. The number of anilines is 3. The molecule has 3 aromatic heterocycles. The molecule has 2 saturated heterocycles. The van der Waals surface area contributed by atoms with Gasteiger partial charge < -0.3 is 14.7 Å². The summed E-state index contributed by atoms with van der Waals surface area (Å²) < 4.78 is 1.88. The molecule has 27 heavy (non-hydrogen) atoms. The second-order valence-corrected chi connectivity index (χ2v) is 7.25. The molecule has 8 nitrogen and oxygen atoms in total. The first-order valence-electron chi connectivity index (χ1n) is 9.67. The molecule has 5 rings (SSSR count). The second kappa shape index (κ2) is 6.68. The van der Waals surface area contributed by atoms with Crippen molar-refractivity contribution >= 4 is 23.1 Å². The third-order valence-electron chi connectivity index (χ3n) is 5.43. The van der Waals surface area contributed by atoms with Crippen LogP contribution in [0.2, 0.25) is 0 Å². The molecule has 0 atom stereocenters. The Balaban J connectivity index is 1.34.